The number of carbonyl (C=O) groups excluding carboxylic acids is 1. The van der Waals surface area contributed by atoms with Crippen molar-refractivity contribution in [2.75, 3.05) is 5.32 Å². The zero-order valence-electron chi connectivity index (χ0n) is 11.6. The van der Waals surface area contributed by atoms with Crippen LogP contribution < -0.4 is 5.32 Å². The van der Waals surface area contributed by atoms with Gasteiger partial charge in [0.05, 0.1) is 0 Å². The highest BCUT2D eigenvalue weighted by molar-refractivity contribution is 9.10. The molecule has 0 unspecified atom stereocenters. The van der Waals surface area contributed by atoms with Crippen LogP contribution in [0.25, 0.3) is 0 Å². The summed E-state index contributed by atoms with van der Waals surface area (Å²) in [5.74, 6) is -0.117. The van der Waals surface area contributed by atoms with Crippen LogP contribution in [0.2, 0.25) is 5.02 Å². The lowest BCUT2D eigenvalue weighted by molar-refractivity contribution is 0.102. The molecule has 2 rings (SSSR count). The number of anilines is 1. The molecule has 1 amide bonds. The normalized spacial score (nSPS) is 10.4. The quantitative estimate of drug-likeness (QED) is 0.782. The Morgan fingerprint density at radius 1 is 1.05 bits per heavy atom. The second-order valence-corrected chi connectivity index (χ2v) is 6.03. The van der Waals surface area contributed by atoms with Crippen LogP contribution in [0.1, 0.15) is 27.0 Å². The van der Waals surface area contributed by atoms with Crippen LogP contribution >= 0.6 is 27.5 Å². The number of carbonyl (C=O) groups is 1. The van der Waals surface area contributed by atoms with E-state index in [0.29, 0.717) is 10.6 Å². The highest BCUT2D eigenvalue weighted by Crippen LogP contribution is 2.26. The standard InChI is InChI=1S/C16H15BrClNO/c1-9-10(2)14(8-15(17)11(9)3)16(20)19-13-6-4-12(18)5-7-13/h4-8H,1-3H3,(H,19,20). The van der Waals surface area contributed by atoms with Crippen LogP contribution in [-0.2, 0) is 0 Å². The van der Waals surface area contributed by atoms with E-state index in [9.17, 15) is 4.79 Å². The van der Waals surface area contributed by atoms with Crippen LogP contribution in [0.5, 0.6) is 0 Å². The highest BCUT2D eigenvalue weighted by Gasteiger charge is 2.14. The van der Waals surface area contributed by atoms with Gasteiger partial charge in [-0.1, -0.05) is 27.5 Å². The van der Waals surface area contributed by atoms with E-state index >= 15 is 0 Å². The molecular formula is C16H15BrClNO. The summed E-state index contributed by atoms with van der Waals surface area (Å²) >= 11 is 9.33. The summed E-state index contributed by atoms with van der Waals surface area (Å²) < 4.78 is 0.946. The molecule has 2 aromatic rings. The minimum absolute atomic E-state index is 0.117. The smallest absolute Gasteiger partial charge is 0.255 e. The molecule has 0 aromatic heterocycles. The van der Waals surface area contributed by atoms with Crippen LogP contribution in [0.3, 0.4) is 0 Å². The minimum Gasteiger partial charge on any atom is -0.322 e. The number of rotatable bonds is 2. The summed E-state index contributed by atoms with van der Waals surface area (Å²) in [7, 11) is 0. The number of amides is 1. The van der Waals surface area contributed by atoms with Crippen LogP contribution in [0, 0.1) is 20.8 Å². The second-order valence-electron chi connectivity index (χ2n) is 4.74. The van der Waals surface area contributed by atoms with Gasteiger partial charge in [0.25, 0.3) is 5.91 Å². The zero-order valence-corrected chi connectivity index (χ0v) is 13.9. The van der Waals surface area contributed by atoms with Crippen molar-refractivity contribution in [2.24, 2.45) is 0 Å². The molecule has 0 saturated heterocycles. The number of benzene rings is 2. The Bertz CT molecular complexity index is 665. The third kappa shape index (κ3) is 3.05. The second kappa shape index (κ2) is 5.98. The Morgan fingerprint density at radius 2 is 1.65 bits per heavy atom. The van der Waals surface area contributed by atoms with Crippen molar-refractivity contribution in [1.29, 1.82) is 0 Å². The molecule has 0 atom stereocenters. The van der Waals surface area contributed by atoms with Crippen molar-refractivity contribution >= 4 is 39.1 Å². The van der Waals surface area contributed by atoms with Crippen molar-refractivity contribution in [3.05, 3.63) is 62.1 Å². The first-order chi connectivity index (χ1) is 9.40. The summed E-state index contributed by atoms with van der Waals surface area (Å²) in [5.41, 5.74) is 4.69. The summed E-state index contributed by atoms with van der Waals surface area (Å²) in [5, 5.41) is 3.53. The predicted molar refractivity (Wildman–Crippen MR) is 87.8 cm³/mol. The average Bonchev–Trinajstić information content (AvgIpc) is 2.43. The molecule has 0 aliphatic rings. The number of nitrogens with one attached hydrogen (secondary N) is 1. The van der Waals surface area contributed by atoms with E-state index in [2.05, 4.69) is 21.2 Å². The topological polar surface area (TPSA) is 29.1 Å². The summed E-state index contributed by atoms with van der Waals surface area (Å²) in [6.07, 6.45) is 0. The van der Waals surface area contributed by atoms with Gasteiger partial charge < -0.3 is 5.32 Å². The largest absolute Gasteiger partial charge is 0.322 e. The maximum absolute atomic E-state index is 12.4. The first-order valence-corrected chi connectivity index (χ1v) is 7.40. The molecule has 20 heavy (non-hydrogen) atoms. The summed E-state index contributed by atoms with van der Waals surface area (Å²) in [6.45, 7) is 6.02. The van der Waals surface area contributed by atoms with Crippen molar-refractivity contribution < 1.29 is 4.79 Å². The van der Waals surface area contributed by atoms with Gasteiger partial charge in [-0.3, -0.25) is 4.79 Å². The van der Waals surface area contributed by atoms with Gasteiger partial charge in [-0.2, -0.15) is 0 Å². The first kappa shape index (κ1) is 15.1. The lowest BCUT2D eigenvalue weighted by Gasteiger charge is -2.13. The lowest BCUT2D eigenvalue weighted by atomic mass is 9.98. The van der Waals surface area contributed by atoms with E-state index in [4.69, 9.17) is 11.6 Å². The van der Waals surface area contributed by atoms with Crippen molar-refractivity contribution in [3.63, 3.8) is 0 Å². The van der Waals surface area contributed by atoms with E-state index in [0.717, 1.165) is 26.9 Å². The summed E-state index contributed by atoms with van der Waals surface area (Å²) in [6, 6.07) is 8.93. The Kier molecular flexibility index (Phi) is 4.51. The van der Waals surface area contributed by atoms with Gasteiger partial charge in [0, 0.05) is 20.7 Å². The van der Waals surface area contributed by atoms with E-state index in [1.807, 2.05) is 26.8 Å². The predicted octanol–water partition coefficient (Wildman–Crippen LogP) is 5.28. The molecule has 0 aliphatic carbocycles. The SMILES string of the molecule is Cc1c(Br)cc(C(=O)Nc2ccc(Cl)cc2)c(C)c1C. The Labute approximate surface area is 132 Å². The third-order valence-electron chi connectivity index (χ3n) is 3.51. The monoisotopic (exact) mass is 351 g/mol. The molecule has 0 aliphatic heterocycles. The van der Waals surface area contributed by atoms with Gasteiger partial charge in [-0.05, 0) is 67.8 Å². The first-order valence-electron chi connectivity index (χ1n) is 6.23. The Morgan fingerprint density at radius 3 is 2.25 bits per heavy atom. The summed E-state index contributed by atoms with van der Waals surface area (Å²) in [4.78, 5) is 12.4. The molecular weight excluding hydrogens is 338 g/mol. The number of halogens is 2. The maximum Gasteiger partial charge on any atom is 0.255 e. The maximum atomic E-state index is 12.4. The molecule has 104 valence electrons. The van der Waals surface area contributed by atoms with Crippen molar-refractivity contribution in [1.82, 2.24) is 0 Å². The van der Waals surface area contributed by atoms with E-state index < -0.39 is 0 Å². The highest BCUT2D eigenvalue weighted by atomic mass is 79.9. The molecule has 0 saturated carbocycles. The molecule has 0 heterocycles. The van der Waals surface area contributed by atoms with E-state index in [1.165, 1.54) is 0 Å². The van der Waals surface area contributed by atoms with E-state index in [-0.39, 0.29) is 5.91 Å². The molecule has 0 radical (unpaired) electrons. The van der Waals surface area contributed by atoms with Gasteiger partial charge in [0.1, 0.15) is 0 Å². The number of hydrogen-bond donors (Lipinski definition) is 1. The van der Waals surface area contributed by atoms with Crippen molar-refractivity contribution in [3.8, 4) is 0 Å². The molecule has 1 N–H and O–H groups in total. The fraction of sp³-hybridized carbons (Fsp3) is 0.188. The van der Waals surface area contributed by atoms with Crippen molar-refractivity contribution in [2.45, 2.75) is 20.8 Å². The molecule has 4 heteroatoms. The number of hydrogen-bond acceptors (Lipinski definition) is 1. The zero-order chi connectivity index (χ0) is 14.9. The fourth-order valence-electron chi connectivity index (χ4n) is 1.97. The Balaban J connectivity index is 2.32. The van der Waals surface area contributed by atoms with E-state index in [1.54, 1.807) is 24.3 Å². The van der Waals surface area contributed by atoms with Crippen LogP contribution in [0.4, 0.5) is 5.69 Å². The minimum atomic E-state index is -0.117. The van der Waals surface area contributed by atoms with Gasteiger partial charge in [0.2, 0.25) is 0 Å². The van der Waals surface area contributed by atoms with Gasteiger partial charge in [-0.25, -0.2) is 0 Å². The fourth-order valence-corrected chi connectivity index (χ4v) is 2.63. The molecule has 0 spiro atoms. The van der Waals surface area contributed by atoms with Crippen LogP contribution in [0.15, 0.2) is 34.8 Å². The van der Waals surface area contributed by atoms with Gasteiger partial charge >= 0.3 is 0 Å². The van der Waals surface area contributed by atoms with Gasteiger partial charge in [-0.15, -0.1) is 0 Å². The molecule has 2 nitrogen and oxygen atoms in total. The average molecular weight is 353 g/mol. The molecule has 0 bridgehead atoms. The Hall–Kier alpha value is -1.32. The molecule has 2 aromatic carbocycles. The van der Waals surface area contributed by atoms with Crippen LogP contribution in [-0.4, -0.2) is 5.91 Å². The lowest BCUT2D eigenvalue weighted by Crippen LogP contribution is -2.14. The third-order valence-corrected chi connectivity index (χ3v) is 4.58. The molecule has 0 fully saturated rings. The van der Waals surface area contributed by atoms with Gasteiger partial charge in [0.15, 0.2) is 0 Å².